The summed E-state index contributed by atoms with van der Waals surface area (Å²) >= 11 is 3.38. The lowest BCUT2D eigenvalue weighted by molar-refractivity contribution is -0.119. The molecule has 0 spiro atoms. The molecule has 0 atom stereocenters. The van der Waals surface area contributed by atoms with E-state index in [1.54, 1.807) is 31.4 Å². The molecule has 132 valence electrons. The monoisotopic (exact) mass is 409 g/mol. The van der Waals surface area contributed by atoms with Gasteiger partial charge in [-0.05, 0) is 46.3 Å². The predicted octanol–water partition coefficient (Wildman–Crippen LogP) is 3.17. The summed E-state index contributed by atoms with van der Waals surface area (Å²) in [6.45, 7) is 0.00636. The van der Waals surface area contributed by atoms with Gasteiger partial charge in [0.2, 0.25) is 0 Å². The number of hydrogen-bond donors (Lipinski definition) is 2. The second kappa shape index (κ2) is 9.03. The minimum Gasteiger partial charge on any atom is -0.496 e. The number of rotatable bonds is 7. The topological polar surface area (TPSA) is 72.0 Å². The molecule has 0 heterocycles. The number of methoxy groups -OCH3 is 2. The minimum atomic E-state index is -0.341. The molecule has 0 aromatic heterocycles. The highest BCUT2D eigenvalue weighted by Gasteiger charge is 2.08. The van der Waals surface area contributed by atoms with E-state index in [-0.39, 0.29) is 18.3 Å². The van der Waals surface area contributed by atoms with Crippen LogP contribution in [0.15, 0.2) is 46.0 Å². The minimum absolute atomic E-state index is 0.00636. The lowest BCUT2D eigenvalue weighted by atomic mass is 10.2. The normalized spacial score (nSPS) is 10.6. The lowest BCUT2D eigenvalue weighted by Crippen LogP contribution is -2.25. The number of carbonyl (C=O) groups is 1. The molecule has 0 aliphatic heterocycles. The summed E-state index contributed by atoms with van der Waals surface area (Å²) in [4.78, 5) is 11.8. The van der Waals surface area contributed by atoms with Crippen molar-refractivity contribution in [1.82, 2.24) is 5.43 Å². The summed E-state index contributed by atoms with van der Waals surface area (Å²) in [5.41, 5.74) is 3.71. The van der Waals surface area contributed by atoms with Gasteiger partial charge in [-0.25, -0.2) is 9.82 Å². The summed E-state index contributed by atoms with van der Waals surface area (Å²) in [6, 6.07) is 9.20. The Morgan fingerprint density at radius 2 is 1.88 bits per heavy atom. The van der Waals surface area contributed by atoms with Crippen LogP contribution in [-0.4, -0.2) is 32.9 Å². The second-order valence-electron chi connectivity index (χ2n) is 4.88. The van der Waals surface area contributed by atoms with Gasteiger partial charge in [-0.1, -0.05) is 0 Å². The molecule has 0 fully saturated rings. The van der Waals surface area contributed by atoms with Crippen molar-refractivity contribution in [2.24, 2.45) is 5.10 Å². The van der Waals surface area contributed by atoms with Gasteiger partial charge in [-0.3, -0.25) is 4.79 Å². The van der Waals surface area contributed by atoms with Crippen molar-refractivity contribution in [1.29, 1.82) is 0 Å². The van der Waals surface area contributed by atoms with E-state index in [0.717, 1.165) is 4.47 Å². The van der Waals surface area contributed by atoms with Crippen molar-refractivity contribution in [2.75, 3.05) is 26.1 Å². The van der Waals surface area contributed by atoms with E-state index in [2.05, 4.69) is 31.8 Å². The maximum absolute atomic E-state index is 12.8. The van der Waals surface area contributed by atoms with Gasteiger partial charge in [0, 0.05) is 17.3 Å². The molecule has 2 rings (SSSR count). The fraction of sp³-hybridized carbons (Fsp3) is 0.176. The van der Waals surface area contributed by atoms with Crippen molar-refractivity contribution >= 4 is 33.7 Å². The Labute approximate surface area is 153 Å². The molecular weight excluding hydrogens is 393 g/mol. The zero-order chi connectivity index (χ0) is 18.2. The van der Waals surface area contributed by atoms with Gasteiger partial charge < -0.3 is 14.8 Å². The first kappa shape index (κ1) is 18.7. The molecule has 0 bridgehead atoms. The summed E-state index contributed by atoms with van der Waals surface area (Å²) in [7, 11) is 3.09. The molecule has 2 aromatic rings. The van der Waals surface area contributed by atoms with E-state index < -0.39 is 0 Å². The number of hydrazone groups is 1. The van der Waals surface area contributed by atoms with E-state index in [0.29, 0.717) is 22.7 Å². The Morgan fingerprint density at radius 3 is 2.52 bits per heavy atom. The van der Waals surface area contributed by atoms with Crippen LogP contribution in [0.5, 0.6) is 11.5 Å². The molecule has 2 N–H and O–H groups in total. The van der Waals surface area contributed by atoms with E-state index in [1.807, 2.05) is 0 Å². The zero-order valence-electron chi connectivity index (χ0n) is 13.7. The van der Waals surface area contributed by atoms with Crippen molar-refractivity contribution in [2.45, 2.75) is 0 Å². The van der Waals surface area contributed by atoms with Gasteiger partial charge in [0.25, 0.3) is 5.91 Å². The highest BCUT2D eigenvalue weighted by Crippen LogP contribution is 2.31. The number of hydrogen-bond acceptors (Lipinski definition) is 5. The van der Waals surface area contributed by atoms with Crippen LogP contribution in [0.3, 0.4) is 0 Å². The van der Waals surface area contributed by atoms with Crippen LogP contribution in [0.25, 0.3) is 0 Å². The number of ether oxygens (including phenoxy) is 2. The first-order valence-corrected chi connectivity index (χ1v) is 8.05. The molecule has 25 heavy (non-hydrogen) atoms. The molecule has 8 heteroatoms. The first-order chi connectivity index (χ1) is 12.0. The number of benzene rings is 2. The standard InChI is InChI=1S/C17H17BrFN3O3/c1-24-15-8-16(25-2)14(18)7-11(15)9-21-22-17(23)10-20-13-5-3-12(19)4-6-13/h3-9,20H,10H2,1-2H3,(H,22,23)/b21-9-. The van der Waals surface area contributed by atoms with Crippen LogP contribution in [0.4, 0.5) is 10.1 Å². The Bertz CT molecular complexity index is 766. The highest BCUT2D eigenvalue weighted by atomic mass is 79.9. The van der Waals surface area contributed by atoms with Crippen LogP contribution in [-0.2, 0) is 4.79 Å². The van der Waals surface area contributed by atoms with Crippen molar-refractivity contribution < 1.29 is 18.7 Å². The molecule has 0 aliphatic rings. The molecule has 0 unspecified atom stereocenters. The predicted molar refractivity (Wildman–Crippen MR) is 97.9 cm³/mol. The van der Waals surface area contributed by atoms with E-state index in [9.17, 15) is 9.18 Å². The fourth-order valence-electron chi connectivity index (χ4n) is 1.95. The second-order valence-corrected chi connectivity index (χ2v) is 5.74. The summed E-state index contributed by atoms with van der Waals surface area (Å²) < 4.78 is 24.0. The fourth-order valence-corrected chi connectivity index (χ4v) is 2.47. The average Bonchev–Trinajstić information content (AvgIpc) is 2.61. The molecule has 0 saturated heterocycles. The number of carbonyl (C=O) groups excluding carboxylic acids is 1. The van der Waals surface area contributed by atoms with Crippen LogP contribution < -0.4 is 20.2 Å². The highest BCUT2D eigenvalue weighted by molar-refractivity contribution is 9.10. The van der Waals surface area contributed by atoms with Gasteiger partial charge in [0.1, 0.15) is 17.3 Å². The van der Waals surface area contributed by atoms with Gasteiger partial charge in [0.15, 0.2) is 0 Å². The summed E-state index contributed by atoms with van der Waals surface area (Å²) in [5.74, 6) is 0.510. The van der Waals surface area contributed by atoms with Crippen LogP contribution in [0.1, 0.15) is 5.56 Å². The van der Waals surface area contributed by atoms with Crippen LogP contribution in [0, 0.1) is 5.82 Å². The van der Waals surface area contributed by atoms with Crippen molar-refractivity contribution in [3.05, 3.63) is 52.3 Å². The maximum atomic E-state index is 12.8. The maximum Gasteiger partial charge on any atom is 0.259 e. The third-order valence-electron chi connectivity index (χ3n) is 3.19. The molecule has 0 radical (unpaired) electrons. The van der Waals surface area contributed by atoms with E-state index in [4.69, 9.17) is 9.47 Å². The number of anilines is 1. The van der Waals surface area contributed by atoms with Crippen LogP contribution >= 0.6 is 15.9 Å². The summed E-state index contributed by atoms with van der Waals surface area (Å²) in [5, 5.41) is 6.77. The molecule has 2 aromatic carbocycles. The van der Waals surface area contributed by atoms with E-state index in [1.165, 1.54) is 25.5 Å². The summed E-state index contributed by atoms with van der Waals surface area (Å²) in [6.07, 6.45) is 1.47. The molecule has 6 nitrogen and oxygen atoms in total. The lowest BCUT2D eigenvalue weighted by Gasteiger charge is -2.09. The number of halogens is 2. The smallest absolute Gasteiger partial charge is 0.259 e. The van der Waals surface area contributed by atoms with Gasteiger partial charge in [-0.2, -0.15) is 5.10 Å². The SMILES string of the molecule is COc1cc(OC)c(/C=N\NC(=O)CNc2ccc(F)cc2)cc1Br. The molecule has 0 saturated carbocycles. The Kier molecular flexibility index (Phi) is 6.76. The van der Waals surface area contributed by atoms with Crippen molar-refractivity contribution in [3.63, 3.8) is 0 Å². The molecule has 0 aliphatic carbocycles. The van der Waals surface area contributed by atoms with Crippen molar-refractivity contribution in [3.8, 4) is 11.5 Å². The largest absolute Gasteiger partial charge is 0.496 e. The Balaban J connectivity index is 1.92. The molecular formula is C17H17BrFN3O3. The number of nitrogens with one attached hydrogen (secondary N) is 2. The number of nitrogens with zero attached hydrogens (tertiary/aromatic N) is 1. The Hall–Kier alpha value is -2.61. The Morgan fingerprint density at radius 1 is 1.20 bits per heavy atom. The number of amides is 1. The third-order valence-corrected chi connectivity index (χ3v) is 3.81. The van der Waals surface area contributed by atoms with Crippen LogP contribution in [0.2, 0.25) is 0 Å². The third kappa shape index (κ3) is 5.46. The van der Waals surface area contributed by atoms with E-state index >= 15 is 0 Å². The van der Waals surface area contributed by atoms with Gasteiger partial charge in [-0.15, -0.1) is 0 Å². The first-order valence-electron chi connectivity index (χ1n) is 7.26. The average molecular weight is 410 g/mol. The van der Waals surface area contributed by atoms with Gasteiger partial charge in [0.05, 0.1) is 31.5 Å². The molecule has 1 amide bonds. The quantitative estimate of drug-likeness (QED) is 0.544. The van der Waals surface area contributed by atoms with Gasteiger partial charge >= 0.3 is 0 Å². The zero-order valence-corrected chi connectivity index (χ0v) is 15.3.